The van der Waals surface area contributed by atoms with Gasteiger partial charge in [-0.1, -0.05) is 30.3 Å². The van der Waals surface area contributed by atoms with Crippen LogP contribution in [0.3, 0.4) is 0 Å². The molecule has 0 bridgehead atoms. The summed E-state index contributed by atoms with van der Waals surface area (Å²) in [7, 11) is 2.16. The SMILES string of the molecule is CN1CCN(c2ccc(-c3cccc4cnc(C=C5SC(=O)NC5=O)nc34)cc2)CC1. The van der Waals surface area contributed by atoms with Crippen molar-refractivity contribution in [3.05, 3.63) is 59.4 Å². The second-order valence-electron chi connectivity index (χ2n) is 7.66. The van der Waals surface area contributed by atoms with Gasteiger partial charge in [0.2, 0.25) is 0 Å². The molecule has 2 aliphatic heterocycles. The summed E-state index contributed by atoms with van der Waals surface area (Å²) in [5.74, 6) is -0.00664. The van der Waals surface area contributed by atoms with Crippen molar-refractivity contribution < 1.29 is 9.59 Å². The molecule has 2 aliphatic rings. The number of anilines is 1. The number of nitrogens with zero attached hydrogens (tertiary/aromatic N) is 4. The number of hydrogen-bond acceptors (Lipinski definition) is 7. The second kappa shape index (κ2) is 8.13. The van der Waals surface area contributed by atoms with Crippen LogP contribution in [-0.2, 0) is 4.79 Å². The minimum absolute atomic E-state index is 0.304. The Morgan fingerprint density at radius 1 is 1.03 bits per heavy atom. The van der Waals surface area contributed by atoms with Gasteiger partial charge in [-0.05, 0) is 36.5 Å². The summed E-state index contributed by atoms with van der Waals surface area (Å²) in [5, 5.41) is 2.79. The van der Waals surface area contributed by atoms with Crippen LogP contribution in [0.4, 0.5) is 10.5 Å². The van der Waals surface area contributed by atoms with Gasteiger partial charge < -0.3 is 9.80 Å². The number of amides is 2. The first-order valence-electron chi connectivity index (χ1n) is 10.1. The number of para-hydroxylation sites is 1. The zero-order chi connectivity index (χ0) is 21.4. The minimum Gasteiger partial charge on any atom is -0.369 e. The number of thioether (sulfide) groups is 1. The molecule has 2 saturated heterocycles. The third-order valence-electron chi connectivity index (χ3n) is 5.58. The third-order valence-corrected chi connectivity index (χ3v) is 6.39. The highest BCUT2D eigenvalue weighted by Crippen LogP contribution is 2.30. The van der Waals surface area contributed by atoms with Gasteiger partial charge in [0.1, 0.15) is 0 Å². The normalized spacial score (nSPS) is 18.7. The fraction of sp³-hybridized carbons (Fsp3) is 0.217. The van der Waals surface area contributed by atoms with Gasteiger partial charge in [-0.15, -0.1) is 0 Å². The van der Waals surface area contributed by atoms with Crippen molar-refractivity contribution in [2.45, 2.75) is 0 Å². The van der Waals surface area contributed by atoms with E-state index >= 15 is 0 Å². The Hall–Kier alpha value is -3.23. The van der Waals surface area contributed by atoms with Gasteiger partial charge in [-0.25, -0.2) is 9.97 Å². The topological polar surface area (TPSA) is 78.4 Å². The second-order valence-corrected chi connectivity index (χ2v) is 8.68. The smallest absolute Gasteiger partial charge is 0.290 e. The van der Waals surface area contributed by atoms with Gasteiger partial charge >= 0.3 is 0 Å². The number of likely N-dealkylation sites (N-methyl/N-ethyl adjacent to an activating group) is 1. The lowest BCUT2D eigenvalue weighted by atomic mass is 10.0. The summed E-state index contributed by atoms with van der Waals surface area (Å²) in [6, 6.07) is 14.6. The Morgan fingerprint density at radius 3 is 2.52 bits per heavy atom. The quantitative estimate of drug-likeness (QED) is 0.637. The summed E-state index contributed by atoms with van der Waals surface area (Å²) in [6.45, 7) is 4.21. The van der Waals surface area contributed by atoms with Crippen LogP contribution in [0.1, 0.15) is 5.82 Å². The van der Waals surface area contributed by atoms with E-state index in [1.54, 1.807) is 12.3 Å². The maximum atomic E-state index is 11.8. The summed E-state index contributed by atoms with van der Waals surface area (Å²) in [4.78, 5) is 37.3. The first-order valence-corrected chi connectivity index (χ1v) is 10.9. The van der Waals surface area contributed by atoms with E-state index in [4.69, 9.17) is 0 Å². The van der Waals surface area contributed by atoms with E-state index in [9.17, 15) is 9.59 Å². The van der Waals surface area contributed by atoms with Crippen LogP contribution in [0.2, 0.25) is 0 Å². The molecule has 156 valence electrons. The monoisotopic (exact) mass is 431 g/mol. The first kappa shape index (κ1) is 19.7. The van der Waals surface area contributed by atoms with Crippen molar-refractivity contribution in [3.8, 4) is 11.1 Å². The molecular formula is C23H21N5O2S. The van der Waals surface area contributed by atoms with Crippen LogP contribution in [-0.4, -0.2) is 59.2 Å². The molecule has 0 saturated carbocycles. The third kappa shape index (κ3) is 4.04. The number of benzene rings is 2. The molecule has 1 aromatic heterocycles. The molecule has 31 heavy (non-hydrogen) atoms. The van der Waals surface area contributed by atoms with E-state index in [0.29, 0.717) is 10.7 Å². The Balaban J connectivity index is 1.47. The molecule has 2 aromatic carbocycles. The van der Waals surface area contributed by atoms with Crippen LogP contribution < -0.4 is 10.2 Å². The number of nitrogens with one attached hydrogen (secondary N) is 1. The maximum absolute atomic E-state index is 11.8. The minimum atomic E-state index is -0.411. The number of rotatable bonds is 3. The summed E-state index contributed by atoms with van der Waals surface area (Å²) < 4.78 is 0. The number of carbonyl (C=O) groups is 2. The Bertz CT molecular complexity index is 1200. The number of carbonyl (C=O) groups excluding carboxylic acids is 2. The van der Waals surface area contributed by atoms with E-state index in [0.717, 1.165) is 60.0 Å². The van der Waals surface area contributed by atoms with Crippen LogP contribution >= 0.6 is 11.8 Å². The summed E-state index contributed by atoms with van der Waals surface area (Å²) in [6.07, 6.45) is 3.30. The van der Waals surface area contributed by atoms with E-state index in [-0.39, 0.29) is 5.24 Å². The number of hydrogen-bond donors (Lipinski definition) is 1. The van der Waals surface area contributed by atoms with E-state index in [1.807, 2.05) is 18.2 Å². The maximum Gasteiger partial charge on any atom is 0.290 e. The molecule has 0 spiro atoms. The molecule has 1 N–H and O–H groups in total. The molecule has 5 rings (SSSR count). The zero-order valence-electron chi connectivity index (χ0n) is 17.0. The number of aromatic nitrogens is 2. The van der Waals surface area contributed by atoms with Gasteiger partial charge in [0, 0.05) is 55.1 Å². The molecule has 3 heterocycles. The highest BCUT2D eigenvalue weighted by atomic mass is 32.2. The molecule has 0 unspecified atom stereocenters. The fourth-order valence-electron chi connectivity index (χ4n) is 3.83. The van der Waals surface area contributed by atoms with Gasteiger partial charge in [-0.3, -0.25) is 14.9 Å². The predicted molar refractivity (Wildman–Crippen MR) is 124 cm³/mol. The van der Waals surface area contributed by atoms with Crippen molar-refractivity contribution in [1.29, 1.82) is 0 Å². The number of imide groups is 1. The van der Waals surface area contributed by atoms with Crippen molar-refractivity contribution in [2.75, 3.05) is 38.1 Å². The lowest BCUT2D eigenvalue weighted by molar-refractivity contribution is -0.115. The zero-order valence-corrected chi connectivity index (χ0v) is 17.9. The summed E-state index contributed by atoms with van der Waals surface area (Å²) >= 11 is 0.864. The molecular weight excluding hydrogens is 410 g/mol. The number of fused-ring (bicyclic) bond motifs is 1. The van der Waals surface area contributed by atoms with Crippen LogP contribution in [0, 0.1) is 0 Å². The van der Waals surface area contributed by atoms with Gasteiger partial charge in [-0.2, -0.15) is 0 Å². The average molecular weight is 432 g/mol. The summed E-state index contributed by atoms with van der Waals surface area (Å²) in [5.41, 5.74) is 4.12. The average Bonchev–Trinajstić information content (AvgIpc) is 3.10. The van der Waals surface area contributed by atoms with Crippen LogP contribution in [0.5, 0.6) is 0 Å². The Kier molecular flexibility index (Phi) is 5.17. The molecule has 0 aliphatic carbocycles. The van der Waals surface area contributed by atoms with Crippen molar-refractivity contribution in [3.63, 3.8) is 0 Å². The van der Waals surface area contributed by atoms with E-state index in [2.05, 4.69) is 56.4 Å². The highest BCUT2D eigenvalue weighted by Gasteiger charge is 2.25. The Morgan fingerprint density at radius 2 is 1.81 bits per heavy atom. The molecule has 8 heteroatoms. The molecule has 2 amide bonds. The van der Waals surface area contributed by atoms with Crippen molar-refractivity contribution >= 4 is 45.6 Å². The van der Waals surface area contributed by atoms with E-state index < -0.39 is 5.91 Å². The van der Waals surface area contributed by atoms with Gasteiger partial charge in [0.05, 0.1) is 10.4 Å². The highest BCUT2D eigenvalue weighted by molar-refractivity contribution is 8.18. The Labute approximate surface area is 184 Å². The van der Waals surface area contributed by atoms with Crippen molar-refractivity contribution in [2.24, 2.45) is 0 Å². The molecule has 7 nitrogen and oxygen atoms in total. The molecule has 3 aromatic rings. The van der Waals surface area contributed by atoms with Crippen molar-refractivity contribution in [1.82, 2.24) is 20.2 Å². The molecule has 0 radical (unpaired) electrons. The predicted octanol–water partition coefficient (Wildman–Crippen LogP) is 3.37. The van der Waals surface area contributed by atoms with E-state index in [1.165, 1.54) is 5.69 Å². The standard InChI is InChI=1S/C23H21N5O2S/c1-27-9-11-28(12-10-27)17-7-5-15(6-8-17)18-4-2-3-16-14-24-20(25-21(16)18)13-19-22(29)26-23(30)31-19/h2-8,13-14H,9-12H2,1H3,(H,26,29,30). The molecule has 2 fully saturated rings. The van der Waals surface area contributed by atoms with Crippen LogP contribution in [0.25, 0.3) is 28.1 Å². The van der Waals surface area contributed by atoms with Crippen LogP contribution in [0.15, 0.2) is 53.6 Å². The lowest BCUT2D eigenvalue weighted by Crippen LogP contribution is -2.44. The lowest BCUT2D eigenvalue weighted by Gasteiger charge is -2.34. The fourth-order valence-corrected chi connectivity index (χ4v) is 4.48. The van der Waals surface area contributed by atoms with Gasteiger partial charge in [0.15, 0.2) is 5.82 Å². The molecule has 0 atom stereocenters. The largest absolute Gasteiger partial charge is 0.369 e. The first-order chi connectivity index (χ1) is 15.1. The van der Waals surface area contributed by atoms with Gasteiger partial charge in [0.25, 0.3) is 11.1 Å². The number of piperazine rings is 1.